The lowest BCUT2D eigenvalue weighted by Crippen LogP contribution is -2.28. The fourth-order valence-corrected chi connectivity index (χ4v) is 3.20. The van der Waals surface area contributed by atoms with Crippen molar-refractivity contribution in [1.82, 2.24) is 4.90 Å². The molecular weight excluding hydrogens is 380 g/mol. The van der Waals surface area contributed by atoms with Crippen molar-refractivity contribution in [1.29, 1.82) is 0 Å². The lowest BCUT2D eigenvalue weighted by atomic mass is 10.1. The molecule has 1 aliphatic heterocycles. The van der Waals surface area contributed by atoms with Crippen molar-refractivity contribution in [2.75, 3.05) is 18.5 Å². The van der Waals surface area contributed by atoms with Gasteiger partial charge in [-0.25, -0.2) is 0 Å². The zero-order valence-corrected chi connectivity index (χ0v) is 16.2. The normalized spacial score (nSPS) is 16.1. The minimum Gasteiger partial charge on any atom is -0.455 e. The molecular formula is C21H21ClN2O4. The number of hydrogen-bond acceptors (Lipinski definition) is 4. The van der Waals surface area contributed by atoms with Crippen molar-refractivity contribution in [3.63, 3.8) is 0 Å². The second kappa shape index (κ2) is 8.89. The summed E-state index contributed by atoms with van der Waals surface area (Å²) < 4.78 is 5.10. The van der Waals surface area contributed by atoms with Gasteiger partial charge in [0, 0.05) is 30.2 Å². The number of aryl methyl sites for hydroxylation is 1. The van der Waals surface area contributed by atoms with Gasteiger partial charge in [-0.05, 0) is 30.7 Å². The molecule has 1 fully saturated rings. The topological polar surface area (TPSA) is 75.7 Å². The Balaban J connectivity index is 1.48. The Hall–Kier alpha value is -2.86. The summed E-state index contributed by atoms with van der Waals surface area (Å²) in [7, 11) is 0. The number of rotatable bonds is 6. The van der Waals surface area contributed by atoms with E-state index in [0.717, 1.165) is 11.1 Å². The van der Waals surface area contributed by atoms with Gasteiger partial charge in [0.25, 0.3) is 5.91 Å². The SMILES string of the molecule is Cc1ccc(NC(=O)COC(=O)[C@H]2CC(=O)N(Cc3ccccc3Cl)C2)cc1. The van der Waals surface area contributed by atoms with Crippen LogP contribution in [0.25, 0.3) is 0 Å². The number of carbonyl (C=O) groups is 3. The third-order valence-electron chi connectivity index (χ3n) is 4.55. The summed E-state index contributed by atoms with van der Waals surface area (Å²) in [5.41, 5.74) is 2.54. The predicted octanol–water partition coefficient (Wildman–Crippen LogP) is 3.18. The highest BCUT2D eigenvalue weighted by Gasteiger charge is 2.35. The summed E-state index contributed by atoms with van der Waals surface area (Å²) in [6, 6.07) is 14.6. The molecule has 1 aliphatic rings. The van der Waals surface area contributed by atoms with Crippen LogP contribution in [0.4, 0.5) is 5.69 Å². The molecule has 0 aromatic heterocycles. The van der Waals surface area contributed by atoms with Crippen molar-refractivity contribution in [3.05, 3.63) is 64.7 Å². The monoisotopic (exact) mass is 400 g/mol. The Morgan fingerprint density at radius 3 is 2.61 bits per heavy atom. The maximum atomic E-state index is 12.3. The van der Waals surface area contributed by atoms with E-state index >= 15 is 0 Å². The number of anilines is 1. The molecule has 0 spiro atoms. The lowest BCUT2D eigenvalue weighted by molar-refractivity contribution is -0.151. The van der Waals surface area contributed by atoms with Gasteiger partial charge < -0.3 is 15.0 Å². The molecule has 3 rings (SSSR count). The Labute approximate surface area is 168 Å². The molecule has 1 heterocycles. The van der Waals surface area contributed by atoms with Gasteiger partial charge in [-0.2, -0.15) is 0 Å². The quantitative estimate of drug-likeness (QED) is 0.755. The number of nitrogens with one attached hydrogen (secondary N) is 1. The summed E-state index contributed by atoms with van der Waals surface area (Å²) in [6.07, 6.45) is 0.0723. The molecule has 0 aliphatic carbocycles. The van der Waals surface area contributed by atoms with E-state index in [-0.39, 0.29) is 25.5 Å². The van der Waals surface area contributed by atoms with Gasteiger partial charge in [-0.1, -0.05) is 47.5 Å². The Morgan fingerprint density at radius 2 is 1.89 bits per heavy atom. The van der Waals surface area contributed by atoms with Crippen LogP contribution in [0.15, 0.2) is 48.5 Å². The number of carbonyl (C=O) groups excluding carboxylic acids is 3. The highest BCUT2D eigenvalue weighted by molar-refractivity contribution is 6.31. The highest BCUT2D eigenvalue weighted by atomic mass is 35.5. The Kier molecular flexibility index (Phi) is 6.31. The molecule has 6 nitrogen and oxygen atoms in total. The third kappa shape index (κ3) is 5.10. The van der Waals surface area contributed by atoms with E-state index in [4.69, 9.17) is 16.3 Å². The zero-order valence-electron chi connectivity index (χ0n) is 15.5. The summed E-state index contributed by atoms with van der Waals surface area (Å²) in [4.78, 5) is 38.0. The van der Waals surface area contributed by atoms with E-state index in [9.17, 15) is 14.4 Å². The average molecular weight is 401 g/mol. The highest BCUT2D eigenvalue weighted by Crippen LogP contribution is 2.24. The lowest BCUT2D eigenvalue weighted by Gasteiger charge is -2.17. The number of ether oxygens (including phenoxy) is 1. The van der Waals surface area contributed by atoms with Crippen LogP contribution in [0.3, 0.4) is 0 Å². The van der Waals surface area contributed by atoms with Crippen LogP contribution in [0.1, 0.15) is 17.5 Å². The zero-order chi connectivity index (χ0) is 20.1. The van der Waals surface area contributed by atoms with Gasteiger partial charge in [0.15, 0.2) is 6.61 Å². The van der Waals surface area contributed by atoms with E-state index in [0.29, 0.717) is 17.3 Å². The van der Waals surface area contributed by atoms with Gasteiger partial charge >= 0.3 is 5.97 Å². The second-order valence-corrected chi connectivity index (χ2v) is 7.20. The minimum absolute atomic E-state index is 0.0723. The third-order valence-corrected chi connectivity index (χ3v) is 4.92. The number of esters is 1. The van der Waals surface area contributed by atoms with Crippen molar-refractivity contribution >= 4 is 35.1 Å². The molecule has 7 heteroatoms. The van der Waals surface area contributed by atoms with E-state index in [1.807, 2.05) is 37.3 Å². The van der Waals surface area contributed by atoms with Gasteiger partial charge in [-0.3, -0.25) is 14.4 Å². The summed E-state index contributed by atoms with van der Waals surface area (Å²) in [5.74, 6) is -1.68. The molecule has 0 saturated carbocycles. The molecule has 146 valence electrons. The van der Waals surface area contributed by atoms with Gasteiger partial charge in [0.05, 0.1) is 5.92 Å². The molecule has 0 radical (unpaired) electrons. The van der Waals surface area contributed by atoms with Crippen molar-refractivity contribution in [2.45, 2.75) is 19.9 Å². The van der Waals surface area contributed by atoms with Crippen LogP contribution >= 0.6 is 11.6 Å². The van der Waals surface area contributed by atoms with Crippen LogP contribution in [0.2, 0.25) is 5.02 Å². The number of likely N-dealkylation sites (tertiary alicyclic amines) is 1. The summed E-state index contributed by atoms with van der Waals surface area (Å²) in [6.45, 7) is 2.16. The smallest absolute Gasteiger partial charge is 0.311 e. The molecule has 2 aromatic carbocycles. The van der Waals surface area contributed by atoms with E-state index < -0.39 is 17.8 Å². The van der Waals surface area contributed by atoms with E-state index in [2.05, 4.69) is 5.32 Å². The van der Waals surface area contributed by atoms with Crippen LogP contribution in [0, 0.1) is 12.8 Å². The maximum Gasteiger partial charge on any atom is 0.311 e. The van der Waals surface area contributed by atoms with Crippen molar-refractivity contribution in [3.8, 4) is 0 Å². The molecule has 2 aromatic rings. The molecule has 2 amide bonds. The van der Waals surface area contributed by atoms with Crippen LogP contribution in [-0.2, 0) is 25.7 Å². The molecule has 1 saturated heterocycles. The van der Waals surface area contributed by atoms with Crippen LogP contribution < -0.4 is 5.32 Å². The number of hydrogen-bond donors (Lipinski definition) is 1. The number of halogens is 1. The summed E-state index contributed by atoms with van der Waals surface area (Å²) in [5, 5.41) is 3.24. The molecule has 1 atom stereocenters. The van der Waals surface area contributed by atoms with Crippen molar-refractivity contribution in [2.24, 2.45) is 5.92 Å². The van der Waals surface area contributed by atoms with E-state index in [1.54, 1.807) is 23.1 Å². The predicted molar refractivity (Wildman–Crippen MR) is 106 cm³/mol. The molecule has 0 unspecified atom stereocenters. The summed E-state index contributed by atoms with van der Waals surface area (Å²) >= 11 is 6.13. The average Bonchev–Trinajstić information content (AvgIpc) is 3.04. The first kappa shape index (κ1) is 19.9. The standard InChI is InChI=1S/C21H21ClN2O4/c1-14-6-8-17(9-7-14)23-19(25)13-28-21(27)16-10-20(26)24(12-16)11-15-4-2-3-5-18(15)22/h2-9,16H,10-13H2,1H3,(H,23,25)/t16-/m0/s1. The largest absolute Gasteiger partial charge is 0.455 e. The van der Waals surface area contributed by atoms with Gasteiger partial charge in [-0.15, -0.1) is 0 Å². The number of amides is 2. The van der Waals surface area contributed by atoms with E-state index in [1.165, 1.54) is 0 Å². The van der Waals surface area contributed by atoms with Crippen LogP contribution in [0.5, 0.6) is 0 Å². The maximum absolute atomic E-state index is 12.3. The minimum atomic E-state index is -0.581. The molecule has 28 heavy (non-hydrogen) atoms. The first-order chi connectivity index (χ1) is 13.4. The number of nitrogens with zero attached hydrogens (tertiary/aromatic N) is 1. The van der Waals surface area contributed by atoms with Gasteiger partial charge in [0.1, 0.15) is 0 Å². The number of benzene rings is 2. The Bertz CT molecular complexity index is 882. The van der Waals surface area contributed by atoms with Gasteiger partial charge in [0.2, 0.25) is 5.91 Å². The first-order valence-corrected chi connectivity index (χ1v) is 9.34. The van der Waals surface area contributed by atoms with Crippen molar-refractivity contribution < 1.29 is 19.1 Å². The van der Waals surface area contributed by atoms with Crippen LogP contribution in [-0.4, -0.2) is 35.8 Å². The molecule has 0 bridgehead atoms. The first-order valence-electron chi connectivity index (χ1n) is 8.96. The fraction of sp³-hybridized carbons (Fsp3) is 0.286. The Morgan fingerprint density at radius 1 is 1.18 bits per heavy atom. The second-order valence-electron chi connectivity index (χ2n) is 6.79. The molecule has 1 N–H and O–H groups in total. The fourth-order valence-electron chi connectivity index (χ4n) is 3.00.